The van der Waals surface area contributed by atoms with E-state index in [0.717, 1.165) is 34.1 Å². The molecular formula is C20H16O2. The lowest BCUT2D eigenvalue weighted by atomic mass is 9.95. The summed E-state index contributed by atoms with van der Waals surface area (Å²) in [7, 11) is 0. The second kappa shape index (κ2) is 6.27. The average Bonchev–Trinajstić information content (AvgIpc) is 2.98. The Balaban J connectivity index is 2.06. The lowest BCUT2D eigenvalue weighted by Gasteiger charge is -2.08. The lowest BCUT2D eigenvalue weighted by molar-refractivity contribution is 0.112. The molecule has 0 unspecified atom stereocenters. The molecule has 0 bridgehead atoms. The summed E-state index contributed by atoms with van der Waals surface area (Å²) in [6.45, 7) is 2.01. The average molecular weight is 288 g/mol. The fourth-order valence-corrected chi connectivity index (χ4v) is 2.45. The molecule has 3 aromatic rings. The van der Waals surface area contributed by atoms with E-state index >= 15 is 0 Å². The SMILES string of the molecule is Cc1cocc1/C=C/c1ccccc1-c1ccccc1C=O. The van der Waals surface area contributed by atoms with Gasteiger partial charge in [-0.25, -0.2) is 0 Å². The maximum absolute atomic E-state index is 11.3. The molecule has 0 aliphatic heterocycles. The van der Waals surface area contributed by atoms with Gasteiger partial charge in [0, 0.05) is 11.1 Å². The Morgan fingerprint density at radius 2 is 1.36 bits per heavy atom. The van der Waals surface area contributed by atoms with Gasteiger partial charge in [0.2, 0.25) is 0 Å². The molecule has 1 heterocycles. The monoisotopic (exact) mass is 288 g/mol. The topological polar surface area (TPSA) is 30.2 Å². The molecule has 3 rings (SSSR count). The van der Waals surface area contributed by atoms with Gasteiger partial charge in [-0.05, 0) is 29.2 Å². The highest BCUT2D eigenvalue weighted by Gasteiger charge is 2.07. The van der Waals surface area contributed by atoms with E-state index in [1.54, 1.807) is 12.5 Å². The number of rotatable bonds is 4. The van der Waals surface area contributed by atoms with Gasteiger partial charge in [0.15, 0.2) is 6.29 Å². The van der Waals surface area contributed by atoms with Crippen LogP contribution in [0.5, 0.6) is 0 Å². The largest absolute Gasteiger partial charge is 0.472 e. The third kappa shape index (κ3) is 2.77. The molecule has 2 nitrogen and oxygen atoms in total. The second-order valence-electron chi connectivity index (χ2n) is 5.14. The number of benzene rings is 2. The molecule has 2 heteroatoms. The first-order chi connectivity index (χ1) is 10.8. The molecule has 0 fully saturated rings. The highest BCUT2D eigenvalue weighted by molar-refractivity contribution is 5.91. The molecule has 0 aliphatic carbocycles. The number of hydrogen-bond acceptors (Lipinski definition) is 2. The van der Waals surface area contributed by atoms with Gasteiger partial charge in [-0.15, -0.1) is 0 Å². The fourth-order valence-electron chi connectivity index (χ4n) is 2.45. The van der Waals surface area contributed by atoms with E-state index in [1.807, 2.05) is 61.5 Å². The summed E-state index contributed by atoms with van der Waals surface area (Å²) in [6, 6.07) is 15.7. The first-order valence-electron chi connectivity index (χ1n) is 7.14. The maximum atomic E-state index is 11.3. The molecule has 0 N–H and O–H groups in total. The van der Waals surface area contributed by atoms with Crippen molar-refractivity contribution in [2.75, 3.05) is 0 Å². The van der Waals surface area contributed by atoms with Crippen molar-refractivity contribution in [1.82, 2.24) is 0 Å². The number of aldehydes is 1. The molecule has 1 aromatic heterocycles. The lowest BCUT2D eigenvalue weighted by Crippen LogP contribution is -1.89. The van der Waals surface area contributed by atoms with Crippen LogP contribution in [0.3, 0.4) is 0 Å². The van der Waals surface area contributed by atoms with Gasteiger partial charge in [-0.3, -0.25) is 4.79 Å². The van der Waals surface area contributed by atoms with E-state index in [0.29, 0.717) is 5.56 Å². The van der Waals surface area contributed by atoms with Gasteiger partial charge in [0.25, 0.3) is 0 Å². The van der Waals surface area contributed by atoms with Crippen molar-refractivity contribution in [2.45, 2.75) is 6.92 Å². The maximum Gasteiger partial charge on any atom is 0.150 e. The van der Waals surface area contributed by atoms with Crippen LogP contribution in [0, 0.1) is 6.92 Å². The molecule has 0 radical (unpaired) electrons. The Labute approximate surface area is 129 Å². The van der Waals surface area contributed by atoms with Crippen molar-refractivity contribution in [3.05, 3.63) is 83.3 Å². The van der Waals surface area contributed by atoms with Crippen LogP contribution < -0.4 is 0 Å². The van der Waals surface area contributed by atoms with Crippen molar-refractivity contribution < 1.29 is 9.21 Å². The number of carbonyl (C=O) groups is 1. The summed E-state index contributed by atoms with van der Waals surface area (Å²) in [5, 5.41) is 0. The van der Waals surface area contributed by atoms with Crippen molar-refractivity contribution in [3.63, 3.8) is 0 Å². The van der Waals surface area contributed by atoms with Gasteiger partial charge in [0.1, 0.15) is 0 Å². The summed E-state index contributed by atoms with van der Waals surface area (Å²) >= 11 is 0. The zero-order chi connectivity index (χ0) is 15.4. The summed E-state index contributed by atoms with van der Waals surface area (Å²) in [4.78, 5) is 11.3. The molecule has 0 amide bonds. The summed E-state index contributed by atoms with van der Waals surface area (Å²) in [6.07, 6.45) is 8.44. The third-order valence-corrected chi connectivity index (χ3v) is 3.68. The van der Waals surface area contributed by atoms with Crippen LogP contribution in [0.15, 0.2) is 65.5 Å². The van der Waals surface area contributed by atoms with E-state index in [-0.39, 0.29) is 0 Å². The van der Waals surface area contributed by atoms with E-state index in [2.05, 4.69) is 6.08 Å². The van der Waals surface area contributed by atoms with Crippen LogP contribution in [0.4, 0.5) is 0 Å². The van der Waals surface area contributed by atoms with Crippen molar-refractivity contribution in [1.29, 1.82) is 0 Å². The van der Waals surface area contributed by atoms with Crippen molar-refractivity contribution in [3.8, 4) is 11.1 Å². The molecular weight excluding hydrogens is 272 g/mol. The van der Waals surface area contributed by atoms with Crippen molar-refractivity contribution >= 4 is 18.4 Å². The summed E-state index contributed by atoms with van der Waals surface area (Å²) < 4.78 is 5.19. The minimum absolute atomic E-state index is 0.697. The zero-order valence-electron chi connectivity index (χ0n) is 12.3. The van der Waals surface area contributed by atoms with Gasteiger partial charge in [-0.2, -0.15) is 0 Å². The first-order valence-corrected chi connectivity index (χ1v) is 7.14. The highest BCUT2D eigenvalue weighted by atomic mass is 16.3. The van der Waals surface area contributed by atoms with Crippen LogP contribution in [-0.2, 0) is 0 Å². The highest BCUT2D eigenvalue weighted by Crippen LogP contribution is 2.28. The molecule has 0 saturated heterocycles. The minimum atomic E-state index is 0.697. The smallest absolute Gasteiger partial charge is 0.150 e. The van der Waals surface area contributed by atoms with Gasteiger partial charge in [0.05, 0.1) is 12.5 Å². The quantitative estimate of drug-likeness (QED) is 0.615. The second-order valence-corrected chi connectivity index (χ2v) is 5.14. The summed E-state index contributed by atoms with van der Waals surface area (Å²) in [5.41, 5.74) is 5.91. The zero-order valence-corrected chi connectivity index (χ0v) is 12.3. The standard InChI is InChI=1S/C20H16O2/c1-15-13-22-14-18(15)11-10-16-6-2-4-8-19(16)20-9-5-3-7-17(20)12-21/h2-14H,1H3/b11-10+. The molecule has 0 spiro atoms. The van der Waals surface area contributed by atoms with Crippen LogP contribution in [0.1, 0.15) is 27.0 Å². The van der Waals surface area contributed by atoms with Gasteiger partial charge in [-0.1, -0.05) is 60.7 Å². The number of aryl methyl sites for hydroxylation is 1. The Morgan fingerprint density at radius 1 is 0.773 bits per heavy atom. The van der Waals surface area contributed by atoms with Gasteiger partial charge >= 0.3 is 0 Å². The minimum Gasteiger partial charge on any atom is -0.472 e. The molecule has 22 heavy (non-hydrogen) atoms. The van der Waals surface area contributed by atoms with Crippen LogP contribution in [0.25, 0.3) is 23.3 Å². The predicted molar refractivity (Wildman–Crippen MR) is 89.6 cm³/mol. The molecule has 108 valence electrons. The van der Waals surface area contributed by atoms with E-state index in [9.17, 15) is 4.79 Å². The van der Waals surface area contributed by atoms with Gasteiger partial charge < -0.3 is 4.42 Å². The Hall–Kier alpha value is -2.87. The van der Waals surface area contributed by atoms with E-state index in [4.69, 9.17) is 4.42 Å². The van der Waals surface area contributed by atoms with Crippen molar-refractivity contribution in [2.24, 2.45) is 0 Å². The van der Waals surface area contributed by atoms with E-state index in [1.165, 1.54) is 0 Å². The summed E-state index contributed by atoms with van der Waals surface area (Å²) in [5.74, 6) is 0. The number of hydrogen-bond donors (Lipinski definition) is 0. The Kier molecular flexibility index (Phi) is 4.01. The number of carbonyl (C=O) groups excluding carboxylic acids is 1. The van der Waals surface area contributed by atoms with Crippen LogP contribution in [0.2, 0.25) is 0 Å². The molecule has 0 saturated carbocycles. The Morgan fingerprint density at radius 3 is 2.00 bits per heavy atom. The molecule has 2 aromatic carbocycles. The van der Waals surface area contributed by atoms with Crippen LogP contribution >= 0.6 is 0 Å². The normalized spacial score (nSPS) is 11.0. The predicted octanol–water partition coefficient (Wildman–Crippen LogP) is 5.24. The van der Waals surface area contributed by atoms with Crippen LogP contribution in [-0.4, -0.2) is 6.29 Å². The molecule has 0 aliphatic rings. The Bertz CT molecular complexity index is 825. The first kappa shape index (κ1) is 14.1. The van der Waals surface area contributed by atoms with E-state index < -0.39 is 0 Å². The molecule has 0 atom stereocenters. The number of furan rings is 1. The third-order valence-electron chi connectivity index (χ3n) is 3.68. The fraction of sp³-hybridized carbons (Fsp3) is 0.0500.